The first-order valence-electron chi connectivity index (χ1n) is 10.5. The Bertz CT molecular complexity index is 1050. The monoisotopic (exact) mass is 453 g/mol. The van der Waals surface area contributed by atoms with E-state index >= 15 is 0 Å². The van der Waals surface area contributed by atoms with Crippen molar-refractivity contribution in [1.82, 2.24) is 9.55 Å². The average molecular weight is 454 g/mol. The first kappa shape index (κ1) is 22.2. The Morgan fingerprint density at radius 2 is 2.06 bits per heavy atom. The van der Waals surface area contributed by atoms with Gasteiger partial charge in [-0.25, -0.2) is 4.98 Å². The number of anilines is 1. The van der Waals surface area contributed by atoms with Crippen LogP contribution in [0.4, 0.5) is 5.69 Å². The zero-order valence-electron chi connectivity index (χ0n) is 18.2. The molecule has 0 saturated carbocycles. The number of benzene rings is 2. The summed E-state index contributed by atoms with van der Waals surface area (Å²) in [6.07, 6.45) is 4.16. The predicted molar refractivity (Wildman–Crippen MR) is 126 cm³/mol. The normalized spacial score (nSPS) is 15.5. The Kier molecular flexibility index (Phi) is 7.34. The van der Waals surface area contributed by atoms with E-state index in [1.807, 2.05) is 24.4 Å². The molecule has 0 radical (unpaired) electrons. The van der Waals surface area contributed by atoms with Crippen molar-refractivity contribution in [2.45, 2.75) is 30.6 Å². The van der Waals surface area contributed by atoms with Crippen LogP contribution in [0.15, 0.2) is 59.9 Å². The molecular weight excluding hydrogens is 426 g/mol. The van der Waals surface area contributed by atoms with Crippen molar-refractivity contribution < 1.29 is 19.0 Å². The SMILES string of the molecule is COc1ccc(NC(=O)CSc2ncc(-c3ccccc3)n2C[C@@H]2CCCO2)c(OC)c1. The second kappa shape index (κ2) is 10.6. The highest BCUT2D eigenvalue weighted by atomic mass is 32.2. The summed E-state index contributed by atoms with van der Waals surface area (Å²) >= 11 is 1.41. The fraction of sp³-hybridized carbons (Fsp3) is 0.333. The predicted octanol–water partition coefficient (Wildman–Crippen LogP) is 4.48. The third-order valence-electron chi connectivity index (χ3n) is 5.31. The second-order valence-corrected chi connectivity index (χ2v) is 8.38. The number of carbonyl (C=O) groups is 1. The number of amides is 1. The second-order valence-electron chi connectivity index (χ2n) is 7.44. The minimum absolute atomic E-state index is 0.133. The highest BCUT2D eigenvalue weighted by Crippen LogP contribution is 2.31. The van der Waals surface area contributed by atoms with Gasteiger partial charge in [-0.05, 0) is 30.5 Å². The van der Waals surface area contributed by atoms with Gasteiger partial charge < -0.3 is 24.1 Å². The van der Waals surface area contributed by atoms with Crippen LogP contribution in [0.25, 0.3) is 11.3 Å². The van der Waals surface area contributed by atoms with Crippen LogP contribution in [0.1, 0.15) is 12.8 Å². The molecule has 1 aliphatic rings. The Hall–Kier alpha value is -2.97. The van der Waals surface area contributed by atoms with Gasteiger partial charge in [0.1, 0.15) is 11.5 Å². The quantitative estimate of drug-likeness (QED) is 0.482. The Morgan fingerprint density at radius 3 is 2.78 bits per heavy atom. The van der Waals surface area contributed by atoms with Crippen LogP contribution in [0.5, 0.6) is 11.5 Å². The van der Waals surface area contributed by atoms with Gasteiger partial charge in [0.15, 0.2) is 5.16 Å². The van der Waals surface area contributed by atoms with E-state index in [-0.39, 0.29) is 17.8 Å². The molecule has 0 aliphatic carbocycles. The Labute approximate surface area is 192 Å². The fourth-order valence-electron chi connectivity index (χ4n) is 3.70. The minimum atomic E-state index is -0.133. The molecule has 4 rings (SSSR count). The number of carbonyl (C=O) groups excluding carboxylic acids is 1. The number of thioether (sulfide) groups is 1. The number of imidazole rings is 1. The molecule has 0 unspecified atom stereocenters. The van der Waals surface area contributed by atoms with Gasteiger partial charge in [0.25, 0.3) is 0 Å². The van der Waals surface area contributed by atoms with Gasteiger partial charge in [-0.2, -0.15) is 0 Å². The van der Waals surface area contributed by atoms with Gasteiger partial charge >= 0.3 is 0 Å². The molecule has 1 aliphatic heterocycles. The molecule has 7 nitrogen and oxygen atoms in total. The molecule has 0 bridgehead atoms. The van der Waals surface area contributed by atoms with E-state index in [2.05, 4.69) is 27.0 Å². The molecule has 3 aromatic rings. The first-order chi connectivity index (χ1) is 15.7. The Morgan fingerprint density at radius 1 is 1.22 bits per heavy atom. The third-order valence-corrected chi connectivity index (χ3v) is 6.30. The lowest BCUT2D eigenvalue weighted by Gasteiger charge is -2.16. The van der Waals surface area contributed by atoms with Crippen molar-refractivity contribution in [3.63, 3.8) is 0 Å². The molecule has 168 valence electrons. The van der Waals surface area contributed by atoms with Gasteiger partial charge in [-0.1, -0.05) is 42.1 Å². The van der Waals surface area contributed by atoms with Crippen LogP contribution < -0.4 is 14.8 Å². The summed E-state index contributed by atoms with van der Waals surface area (Å²) < 4.78 is 18.6. The minimum Gasteiger partial charge on any atom is -0.497 e. The van der Waals surface area contributed by atoms with Crippen molar-refractivity contribution in [3.05, 3.63) is 54.7 Å². The number of ether oxygens (including phenoxy) is 3. The van der Waals surface area contributed by atoms with Crippen LogP contribution in [-0.4, -0.2) is 48.1 Å². The summed E-state index contributed by atoms with van der Waals surface area (Å²) in [5, 5.41) is 3.71. The van der Waals surface area contributed by atoms with Crippen LogP contribution in [0.3, 0.4) is 0 Å². The number of hydrogen-bond donors (Lipinski definition) is 1. The van der Waals surface area contributed by atoms with E-state index in [4.69, 9.17) is 14.2 Å². The highest BCUT2D eigenvalue weighted by Gasteiger charge is 2.21. The summed E-state index contributed by atoms with van der Waals surface area (Å²) in [6, 6.07) is 15.5. The topological polar surface area (TPSA) is 74.6 Å². The van der Waals surface area contributed by atoms with Crippen molar-refractivity contribution in [2.75, 3.05) is 31.9 Å². The van der Waals surface area contributed by atoms with Crippen LogP contribution in [0, 0.1) is 0 Å². The molecular formula is C24H27N3O4S. The number of methoxy groups -OCH3 is 2. The number of aromatic nitrogens is 2. The van der Waals surface area contributed by atoms with Gasteiger partial charge in [0.2, 0.25) is 5.91 Å². The summed E-state index contributed by atoms with van der Waals surface area (Å²) in [7, 11) is 3.15. The summed E-state index contributed by atoms with van der Waals surface area (Å²) in [5.41, 5.74) is 2.73. The molecule has 1 aromatic heterocycles. The molecule has 32 heavy (non-hydrogen) atoms. The third kappa shape index (κ3) is 5.26. The van der Waals surface area contributed by atoms with Crippen LogP contribution in [-0.2, 0) is 16.1 Å². The van der Waals surface area contributed by atoms with Gasteiger partial charge in [0.05, 0.1) is 50.2 Å². The summed E-state index contributed by atoms with van der Waals surface area (Å²) in [5.74, 6) is 1.31. The van der Waals surface area contributed by atoms with Gasteiger partial charge in [0, 0.05) is 12.7 Å². The number of hydrogen-bond acceptors (Lipinski definition) is 6. The molecule has 2 heterocycles. The first-order valence-corrected chi connectivity index (χ1v) is 11.5. The molecule has 1 atom stereocenters. The van der Waals surface area contributed by atoms with E-state index in [0.717, 1.165) is 42.4 Å². The average Bonchev–Trinajstić information content (AvgIpc) is 3.49. The van der Waals surface area contributed by atoms with Crippen molar-refractivity contribution in [1.29, 1.82) is 0 Å². The maximum absolute atomic E-state index is 12.7. The van der Waals surface area contributed by atoms with Crippen molar-refractivity contribution in [3.8, 4) is 22.8 Å². The standard InChI is InChI=1S/C24H27N3O4S/c1-29-18-10-11-20(22(13-18)30-2)26-23(28)16-32-24-25-14-21(17-7-4-3-5-8-17)27(24)15-19-9-6-12-31-19/h3-5,7-8,10-11,13-14,19H,6,9,12,15-16H2,1-2H3,(H,26,28)/t19-/m0/s1. The molecule has 0 spiro atoms. The maximum atomic E-state index is 12.7. The zero-order chi connectivity index (χ0) is 22.3. The Balaban J connectivity index is 1.48. The number of nitrogens with one attached hydrogen (secondary N) is 1. The smallest absolute Gasteiger partial charge is 0.234 e. The van der Waals surface area contributed by atoms with Crippen LogP contribution >= 0.6 is 11.8 Å². The molecule has 1 N–H and O–H groups in total. The fourth-order valence-corrected chi connectivity index (χ4v) is 4.49. The molecule has 2 aromatic carbocycles. The summed E-state index contributed by atoms with van der Waals surface area (Å²) in [4.78, 5) is 17.3. The van der Waals surface area contributed by atoms with E-state index in [1.54, 1.807) is 32.4 Å². The van der Waals surface area contributed by atoms with Crippen LogP contribution in [0.2, 0.25) is 0 Å². The molecule has 1 amide bonds. The largest absolute Gasteiger partial charge is 0.497 e. The lowest BCUT2D eigenvalue weighted by molar-refractivity contribution is -0.113. The van der Waals surface area contributed by atoms with E-state index in [0.29, 0.717) is 17.2 Å². The number of rotatable bonds is 9. The molecule has 1 saturated heterocycles. The summed E-state index contributed by atoms with van der Waals surface area (Å²) in [6.45, 7) is 1.52. The molecule has 1 fully saturated rings. The number of nitrogens with zero attached hydrogens (tertiary/aromatic N) is 2. The van der Waals surface area contributed by atoms with Crippen molar-refractivity contribution >= 4 is 23.4 Å². The van der Waals surface area contributed by atoms with E-state index < -0.39 is 0 Å². The maximum Gasteiger partial charge on any atom is 0.234 e. The van der Waals surface area contributed by atoms with E-state index in [9.17, 15) is 4.79 Å². The lowest BCUT2D eigenvalue weighted by atomic mass is 10.1. The van der Waals surface area contributed by atoms with Gasteiger partial charge in [-0.15, -0.1) is 0 Å². The van der Waals surface area contributed by atoms with Crippen molar-refractivity contribution in [2.24, 2.45) is 0 Å². The zero-order valence-corrected chi connectivity index (χ0v) is 19.1. The van der Waals surface area contributed by atoms with E-state index in [1.165, 1.54) is 11.8 Å². The highest BCUT2D eigenvalue weighted by molar-refractivity contribution is 7.99. The molecule has 8 heteroatoms. The lowest BCUT2D eigenvalue weighted by Crippen LogP contribution is -2.18. The van der Waals surface area contributed by atoms with Gasteiger partial charge in [-0.3, -0.25) is 4.79 Å².